The van der Waals surface area contributed by atoms with E-state index in [1.165, 1.54) is 16.2 Å². The summed E-state index contributed by atoms with van der Waals surface area (Å²) in [4.78, 5) is 51.8. The van der Waals surface area contributed by atoms with Crippen LogP contribution >= 0.6 is 11.3 Å². The third-order valence-electron chi connectivity index (χ3n) is 5.34. The van der Waals surface area contributed by atoms with E-state index in [4.69, 9.17) is 9.47 Å². The fourth-order valence-corrected chi connectivity index (χ4v) is 5.19. The monoisotopic (exact) mass is 454 g/mol. The minimum absolute atomic E-state index is 0.235. The topological polar surface area (TPSA) is 102 Å². The molecule has 1 aliphatic heterocycles. The van der Waals surface area contributed by atoms with Gasteiger partial charge in [0.1, 0.15) is 11.5 Å². The number of hydrogen-bond acceptors (Lipinski definition) is 7. The van der Waals surface area contributed by atoms with Crippen molar-refractivity contribution in [2.24, 2.45) is 0 Å². The summed E-state index contributed by atoms with van der Waals surface area (Å²) in [7, 11) is 0. The van der Waals surface area contributed by atoms with Crippen LogP contribution in [0, 0.1) is 0 Å². The van der Waals surface area contributed by atoms with Gasteiger partial charge in [0.2, 0.25) is 0 Å². The van der Waals surface area contributed by atoms with Gasteiger partial charge >= 0.3 is 11.9 Å². The maximum atomic E-state index is 12.5. The zero-order valence-electron chi connectivity index (χ0n) is 17.6. The fraction of sp³-hybridized carbons (Fsp3) is 0.304. The number of ether oxygens (including phenoxy) is 2. The highest BCUT2D eigenvalue weighted by Gasteiger charge is 2.33. The summed E-state index contributed by atoms with van der Waals surface area (Å²) in [5.74, 6) is -2.11. The molecule has 0 unspecified atom stereocenters. The van der Waals surface area contributed by atoms with Crippen LogP contribution in [-0.4, -0.2) is 48.4 Å². The number of nitrogens with zero attached hydrogens (tertiary/aromatic N) is 1. The van der Waals surface area contributed by atoms with E-state index in [9.17, 15) is 19.2 Å². The lowest BCUT2D eigenvalue weighted by atomic mass is 10.1. The second kappa shape index (κ2) is 8.96. The predicted octanol–water partition coefficient (Wildman–Crippen LogP) is 3.02. The highest BCUT2D eigenvalue weighted by atomic mass is 32.1. The van der Waals surface area contributed by atoms with Crippen molar-refractivity contribution in [3.05, 3.63) is 58.0 Å². The number of carbonyl (C=O) groups is 4. The van der Waals surface area contributed by atoms with Crippen molar-refractivity contribution in [3.8, 4) is 0 Å². The highest BCUT2D eigenvalue weighted by molar-refractivity contribution is 7.17. The van der Waals surface area contributed by atoms with Crippen LogP contribution in [0.15, 0.2) is 30.8 Å². The van der Waals surface area contributed by atoms with Crippen LogP contribution in [0.25, 0.3) is 5.70 Å². The summed E-state index contributed by atoms with van der Waals surface area (Å²) >= 11 is 1.35. The molecule has 2 aliphatic rings. The molecule has 2 aromatic rings. The Morgan fingerprint density at radius 1 is 1.16 bits per heavy atom. The number of amides is 2. The lowest BCUT2D eigenvalue weighted by Gasteiger charge is -2.16. The second-order valence-corrected chi connectivity index (χ2v) is 8.48. The summed E-state index contributed by atoms with van der Waals surface area (Å²) in [6, 6.07) is 6.95. The summed E-state index contributed by atoms with van der Waals surface area (Å²) < 4.78 is 10.2. The quantitative estimate of drug-likeness (QED) is 0.646. The van der Waals surface area contributed by atoms with E-state index in [0.717, 1.165) is 29.7 Å². The molecule has 8 nitrogen and oxygen atoms in total. The van der Waals surface area contributed by atoms with E-state index in [2.05, 4.69) is 11.9 Å². The van der Waals surface area contributed by atoms with Gasteiger partial charge in [-0.1, -0.05) is 24.8 Å². The molecule has 2 amide bonds. The average molecular weight is 455 g/mol. The van der Waals surface area contributed by atoms with Gasteiger partial charge in [-0.05, 0) is 37.8 Å². The Balaban J connectivity index is 1.35. The van der Waals surface area contributed by atoms with Gasteiger partial charge in [0.15, 0.2) is 6.61 Å². The predicted molar refractivity (Wildman–Crippen MR) is 118 cm³/mol. The lowest BCUT2D eigenvalue weighted by molar-refractivity contribution is -0.147. The van der Waals surface area contributed by atoms with Crippen LogP contribution < -0.4 is 5.32 Å². The van der Waals surface area contributed by atoms with Crippen molar-refractivity contribution in [1.82, 2.24) is 4.90 Å². The first-order valence-corrected chi connectivity index (χ1v) is 11.1. The van der Waals surface area contributed by atoms with E-state index in [1.807, 2.05) is 0 Å². The maximum Gasteiger partial charge on any atom is 0.341 e. The summed E-state index contributed by atoms with van der Waals surface area (Å²) in [6.45, 7) is 4.95. The van der Waals surface area contributed by atoms with Crippen molar-refractivity contribution >= 4 is 45.8 Å². The first-order chi connectivity index (χ1) is 15.4. The van der Waals surface area contributed by atoms with E-state index >= 15 is 0 Å². The number of anilines is 1. The molecule has 4 rings (SSSR count). The number of fused-ring (bicyclic) bond motifs is 2. The SMILES string of the molecule is C=C1c2ccccc2C(=O)N1CC(=O)OCC(=O)Nc1sc2c(c1C(=O)OCC)CCC2. The molecule has 2 heterocycles. The van der Waals surface area contributed by atoms with E-state index in [0.29, 0.717) is 27.4 Å². The minimum atomic E-state index is -0.734. The van der Waals surface area contributed by atoms with Crippen molar-refractivity contribution in [3.63, 3.8) is 0 Å². The van der Waals surface area contributed by atoms with Gasteiger partial charge < -0.3 is 14.8 Å². The molecule has 1 N–H and O–H groups in total. The van der Waals surface area contributed by atoms with Crippen LogP contribution in [0.5, 0.6) is 0 Å². The van der Waals surface area contributed by atoms with E-state index in [1.54, 1.807) is 31.2 Å². The van der Waals surface area contributed by atoms with Crippen molar-refractivity contribution in [1.29, 1.82) is 0 Å². The number of rotatable bonds is 7. The molecule has 1 aromatic carbocycles. The maximum absolute atomic E-state index is 12.5. The minimum Gasteiger partial charge on any atom is -0.462 e. The number of carbonyl (C=O) groups excluding carboxylic acids is 4. The Labute approximate surface area is 188 Å². The fourth-order valence-electron chi connectivity index (χ4n) is 3.90. The number of hydrogen-bond donors (Lipinski definition) is 1. The third kappa shape index (κ3) is 4.03. The molecule has 0 spiro atoms. The van der Waals surface area contributed by atoms with Crippen molar-refractivity contribution in [2.45, 2.75) is 26.2 Å². The normalized spacial score (nSPS) is 14.2. The molecular weight excluding hydrogens is 432 g/mol. The number of aryl methyl sites for hydroxylation is 1. The molecule has 9 heteroatoms. The van der Waals surface area contributed by atoms with Gasteiger partial charge in [0.05, 0.1) is 12.2 Å². The standard InChI is InChI=1S/C23H22N2O6S/c1-3-30-23(29)20-16-9-6-10-17(16)32-21(20)24-18(26)12-31-19(27)11-25-13(2)14-7-4-5-8-15(14)22(25)28/h4-5,7-8H,2-3,6,9-12H2,1H3,(H,24,26). The van der Waals surface area contributed by atoms with Gasteiger partial charge in [0.25, 0.3) is 11.8 Å². The first-order valence-electron chi connectivity index (χ1n) is 10.3. The second-order valence-electron chi connectivity index (χ2n) is 7.37. The summed E-state index contributed by atoms with van der Waals surface area (Å²) in [5, 5.41) is 3.07. The summed E-state index contributed by atoms with van der Waals surface area (Å²) in [6.07, 6.45) is 2.58. The molecule has 1 aromatic heterocycles. The molecule has 32 heavy (non-hydrogen) atoms. The first kappa shape index (κ1) is 21.8. The molecule has 166 valence electrons. The van der Waals surface area contributed by atoms with Gasteiger partial charge in [-0.25, -0.2) is 4.79 Å². The van der Waals surface area contributed by atoms with Gasteiger partial charge in [-0.2, -0.15) is 0 Å². The van der Waals surface area contributed by atoms with E-state index < -0.39 is 24.5 Å². The molecule has 0 atom stereocenters. The van der Waals surface area contributed by atoms with Crippen LogP contribution in [-0.2, 0) is 31.9 Å². The van der Waals surface area contributed by atoms with Crippen LogP contribution in [0.1, 0.15) is 50.1 Å². The Bertz CT molecular complexity index is 1100. The van der Waals surface area contributed by atoms with E-state index in [-0.39, 0.29) is 19.1 Å². The highest BCUT2D eigenvalue weighted by Crippen LogP contribution is 2.39. The van der Waals surface area contributed by atoms with Gasteiger partial charge in [0, 0.05) is 21.7 Å². The average Bonchev–Trinajstić information content (AvgIpc) is 3.41. The molecule has 0 radical (unpaired) electrons. The van der Waals surface area contributed by atoms with Crippen molar-refractivity contribution < 1.29 is 28.7 Å². The Kier molecular flexibility index (Phi) is 6.09. The summed E-state index contributed by atoms with van der Waals surface area (Å²) in [5.41, 5.74) is 2.87. The molecule has 0 bridgehead atoms. The molecule has 0 saturated heterocycles. The van der Waals surface area contributed by atoms with Crippen LogP contribution in [0.2, 0.25) is 0 Å². The van der Waals surface area contributed by atoms with Crippen molar-refractivity contribution in [2.75, 3.05) is 25.1 Å². The Morgan fingerprint density at radius 2 is 1.91 bits per heavy atom. The largest absolute Gasteiger partial charge is 0.462 e. The van der Waals surface area contributed by atoms with Gasteiger partial charge in [-0.15, -0.1) is 11.3 Å². The van der Waals surface area contributed by atoms with Crippen LogP contribution in [0.3, 0.4) is 0 Å². The third-order valence-corrected chi connectivity index (χ3v) is 6.55. The lowest BCUT2D eigenvalue weighted by Crippen LogP contribution is -2.32. The Hall–Kier alpha value is -3.46. The zero-order chi connectivity index (χ0) is 22.8. The Morgan fingerprint density at radius 3 is 2.62 bits per heavy atom. The molecule has 0 fully saturated rings. The molecule has 0 saturated carbocycles. The number of esters is 2. The zero-order valence-corrected chi connectivity index (χ0v) is 18.4. The number of nitrogens with one attached hydrogen (secondary N) is 1. The number of thiophene rings is 1. The van der Waals surface area contributed by atoms with Gasteiger partial charge in [-0.3, -0.25) is 19.3 Å². The molecule has 1 aliphatic carbocycles. The molecular formula is C23H22N2O6S. The van der Waals surface area contributed by atoms with Crippen LogP contribution in [0.4, 0.5) is 5.00 Å². The smallest absolute Gasteiger partial charge is 0.341 e. The number of benzene rings is 1.